The van der Waals surface area contributed by atoms with Crippen molar-refractivity contribution in [2.75, 3.05) is 6.54 Å². The molecule has 1 aromatic rings. The fourth-order valence-corrected chi connectivity index (χ4v) is 4.53. The van der Waals surface area contributed by atoms with Gasteiger partial charge in [0, 0.05) is 30.1 Å². The molecule has 0 saturated carbocycles. The first-order chi connectivity index (χ1) is 9.78. The third-order valence-electron chi connectivity index (χ3n) is 4.74. The molecule has 1 N–H and O–H groups in total. The lowest BCUT2D eigenvalue weighted by atomic mass is 9.98. The van der Waals surface area contributed by atoms with Gasteiger partial charge in [0.1, 0.15) is 0 Å². The predicted molar refractivity (Wildman–Crippen MR) is 85.2 cm³/mol. The lowest BCUT2D eigenvalue weighted by Crippen LogP contribution is -2.48. The first-order valence-corrected chi connectivity index (χ1v) is 9.09. The molecule has 2 aliphatic rings. The largest absolute Gasteiger partial charge is 0.311 e. The second-order valence-corrected chi connectivity index (χ2v) is 7.26. The van der Waals surface area contributed by atoms with E-state index in [9.17, 15) is 0 Å². The van der Waals surface area contributed by atoms with Crippen LogP contribution < -0.4 is 5.32 Å². The molecule has 112 valence electrons. The summed E-state index contributed by atoms with van der Waals surface area (Å²) in [5.41, 5.74) is 1.28. The van der Waals surface area contributed by atoms with Gasteiger partial charge in [0.25, 0.3) is 0 Å². The van der Waals surface area contributed by atoms with Gasteiger partial charge in [-0.15, -0.1) is 11.3 Å². The maximum Gasteiger partial charge on any atom is 0.0926 e. The first kappa shape index (κ1) is 14.5. The maximum absolute atomic E-state index is 4.76. The molecule has 3 nitrogen and oxygen atoms in total. The second-order valence-electron chi connectivity index (χ2n) is 6.32. The molecular weight excluding hydrogens is 266 g/mol. The molecule has 20 heavy (non-hydrogen) atoms. The minimum atomic E-state index is 0.764. The third kappa shape index (κ3) is 3.23. The summed E-state index contributed by atoms with van der Waals surface area (Å²) in [4.78, 5) is 7.46. The number of nitrogens with zero attached hydrogens (tertiary/aromatic N) is 2. The van der Waals surface area contributed by atoms with E-state index in [2.05, 4.69) is 29.4 Å². The van der Waals surface area contributed by atoms with Crippen LogP contribution in [0.5, 0.6) is 0 Å². The Labute approximate surface area is 126 Å². The standard InChI is InChI=1S/C16H27N3S/c1-3-7-19(10-14-11-20-16(4-2)18-14)15-8-12-5-6-13(9-15)17-12/h11-13,15,17H,3-10H2,1-2H3. The van der Waals surface area contributed by atoms with Crippen molar-refractivity contribution in [1.29, 1.82) is 0 Å². The van der Waals surface area contributed by atoms with Crippen LogP contribution in [0.2, 0.25) is 0 Å². The number of hydrogen-bond acceptors (Lipinski definition) is 4. The third-order valence-corrected chi connectivity index (χ3v) is 5.78. The number of piperidine rings is 1. The minimum Gasteiger partial charge on any atom is -0.311 e. The Morgan fingerprint density at radius 2 is 2.05 bits per heavy atom. The molecule has 2 aliphatic heterocycles. The topological polar surface area (TPSA) is 28.2 Å². The van der Waals surface area contributed by atoms with Gasteiger partial charge in [0.2, 0.25) is 0 Å². The first-order valence-electron chi connectivity index (χ1n) is 8.21. The zero-order valence-electron chi connectivity index (χ0n) is 12.8. The van der Waals surface area contributed by atoms with E-state index in [-0.39, 0.29) is 0 Å². The Morgan fingerprint density at radius 1 is 1.30 bits per heavy atom. The Hall–Kier alpha value is -0.450. The van der Waals surface area contributed by atoms with Crippen LogP contribution >= 0.6 is 11.3 Å². The molecule has 0 amide bonds. The van der Waals surface area contributed by atoms with Crippen molar-refractivity contribution in [3.8, 4) is 0 Å². The van der Waals surface area contributed by atoms with Gasteiger partial charge < -0.3 is 5.32 Å². The smallest absolute Gasteiger partial charge is 0.0926 e. The van der Waals surface area contributed by atoms with Gasteiger partial charge in [0.05, 0.1) is 10.7 Å². The normalized spacial score (nSPS) is 29.2. The van der Waals surface area contributed by atoms with Crippen molar-refractivity contribution in [2.24, 2.45) is 0 Å². The molecule has 2 unspecified atom stereocenters. The number of nitrogens with one attached hydrogen (secondary N) is 1. The summed E-state index contributed by atoms with van der Waals surface area (Å²) < 4.78 is 0. The maximum atomic E-state index is 4.76. The predicted octanol–water partition coefficient (Wildman–Crippen LogP) is 3.20. The lowest BCUT2D eigenvalue weighted by molar-refractivity contribution is 0.132. The quantitative estimate of drug-likeness (QED) is 0.873. The highest BCUT2D eigenvalue weighted by atomic mass is 32.1. The van der Waals surface area contributed by atoms with Crippen molar-refractivity contribution in [1.82, 2.24) is 15.2 Å². The molecule has 0 spiro atoms. The monoisotopic (exact) mass is 293 g/mol. The molecule has 2 atom stereocenters. The van der Waals surface area contributed by atoms with Crippen LogP contribution in [0.25, 0.3) is 0 Å². The van der Waals surface area contributed by atoms with Gasteiger partial charge in [-0.3, -0.25) is 4.90 Å². The molecule has 0 radical (unpaired) electrons. The average Bonchev–Trinajstić information content (AvgIpc) is 3.05. The summed E-state index contributed by atoms with van der Waals surface area (Å²) >= 11 is 1.82. The van der Waals surface area contributed by atoms with E-state index in [0.717, 1.165) is 31.1 Å². The number of aromatic nitrogens is 1. The summed E-state index contributed by atoms with van der Waals surface area (Å²) in [6.07, 6.45) is 7.75. The van der Waals surface area contributed by atoms with Crippen molar-refractivity contribution in [3.63, 3.8) is 0 Å². The van der Waals surface area contributed by atoms with Gasteiger partial charge in [-0.2, -0.15) is 0 Å². The number of fused-ring (bicyclic) bond motifs is 2. The number of thiazole rings is 1. The molecule has 0 aliphatic carbocycles. The average molecular weight is 293 g/mol. The fourth-order valence-electron chi connectivity index (χ4n) is 3.80. The Bertz CT molecular complexity index is 419. The molecule has 3 rings (SSSR count). The van der Waals surface area contributed by atoms with Crippen molar-refractivity contribution in [3.05, 3.63) is 16.1 Å². The zero-order valence-corrected chi connectivity index (χ0v) is 13.6. The van der Waals surface area contributed by atoms with E-state index in [4.69, 9.17) is 4.98 Å². The van der Waals surface area contributed by atoms with Crippen molar-refractivity contribution >= 4 is 11.3 Å². The molecular formula is C16H27N3S. The molecule has 2 saturated heterocycles. The number of rotatable bonds is 6. The molecule has 2 bridgehead atoms. The molecule has 2 fully saturated rings. The van der Waals surface area contributed by atoms with Crippen LogP contribution in [0.1, 0.15) is 56.7 Å². The Balaban J connectivity index is 1.65. The Kier molecular flexibility index (Phi) is 4.74. The van der Waals surface area contributed by atoms with Gasteiger partial charge in [0.15, 0.2) is 0 Å². The summed E-state index contributed by atoms with van der Waals surface area (Å²) in [6.45, 7) is 6.75. The SMILES string of the molecule is CCCN(Cc1csc(CC)n1)C1CC2CCC(C1)N2. The minimum absolute atomic E-state index is 0.764. The molecule has 4 heteroatoms. The number of aryl methyl sites for hydroxylation is 1. The summed E-state index contributed by atoms with van der Waals surface area (Å²) in [5, 5.41) is 7.29. The van der Waals surface area contributed by atoms with Crippen LogP contribution in [0.15, 0.2) is 5.38 Å². The van der Waals surface area contributed by atoms with E-state index in [1.165, 1.54) is 49.4 Å². The number of hydrogen-bond donors (Lipinski definition) is 1. The molecule has 1 aromatic heterocycles. The van der Waals surface area contributed by atoms with Crippen molar-refractivity contribution in [2.45, 2.75) is 77.0 Å². The van der Waals surface area contributed by atoms with Crippen LogP contribution in [-0.2, 0) is 13.0 Å². The summed E-state index contributed by atoms with van der Waals surface area (Å²) in [5.74, 6) is 0. The summed E-state index contributed by atoms with van der Waals surface area (Å²) in [7, 11) is 0. The van der Waals surface area contributed by atoms with E-state index >= 15 is 0 Å². The molecule has 3 heterocycles. The highest BCUT2D eigenvalue weighted by Gasteiger charge is 2.35. The molecule has 0 aromatic carbocycles. The van der Waals surface area contributed by atoms with Crippen LogP contribution in [0.4, 0.5) is 0 Å². The van der Waals surface area contributed by atoms with Gasteiger partial charge in [-0.05, 0) is 45.1 Å². The van der Waals surface area contributed by atoms with Crippen LogP contribution in [-0.4, -0.2) is 34.6 Å². The zero-order chi connectivity index (χ0) is 13.9. The van der Waals surface area contributed by atoms with E-state index in [1.54, 1.807) is 0 Å². The van der Waals surface area contributed by atoms with Crippen molar-refractivity contribution < 1.29 is 0 Å². The highest BCUT2D eigenvalue weighted by molar-refractivity contribution is 7.09. The lowest BCUT2D eigenvalue weighted by Gasteiger charge is -2.37. The van der Waals surface area contributed by atoms with Gasteiger partial charge >= 0.3 is 0 Å². The fraction of sp³-hybridized carbons (Fsp3) is 0.812. The van der Waals surface area contributed by atoms with E-state index < -0.39 is 0 Å². The second kappa shape index (κ2) is 6.54. The summed E-state index contributed by atoms with van der Waals surface area (Å²) in [6, 6.07) is 2.32. The van der Waals surface area contributed by atoms with Gasteiger partial charge in [-0.25, -0.2) is 4.98 Å². The highest BCUT2D eigenvalue weighted by Crippen LogP contribution is 2.30. The Morgan fingerprint density at radius 3 is 2.65 bits per heavy atom. The van der Waals surface area contributed by atoms with Gasteiger partial charge in [-0.1, -0.05) is 13.8 Å². The van der Waals surface area contributed by atoms with Crippen LogP contribution in [0, 0.1) is 0 Å². The van der Waals surface area contributed by atoms with E-state index in [1.807, 2.05) is 11.3 Å². The van der Waals surface area contributed by atoms with E-state index in [0.29, 0.717) is 0 Å². The van der Waals surface area contributed by atoms with Crippen LogP contribution in [0.3, 0.4) is 0 Å².